The van der Waals surface area contributed by atoms with Crippen LogP contribution in [0.5, 0.6) is 0 Å². The molecule has 2 heterocycles. The summed E-state index contributed by atoms with van der Waals surface area (Å²) in [6, 6.07) is 0. The first-order valence-corrected chi connectivity index (χ1v) is 5.47. The highest BCUT2D eigenvalue weighted by molar-refractivity contribution is 5.83. The topological polar surface area (TPSA) is 62.1 Å². The van der Waals surface area contributed by atoms with Gasteiger partial charge in [0.2, 0.25) is 0 Å². The minimum Gasteiger partial charge on any atom is -0.450 e. The maximum atomic E-state index is 10.6. The fourth-order valence-corrected chi connectivity index (χ4v) is 2.20. The Morgan fingerprint density at radius 1 is 1.47 bits per heavy atom. The quantitative estimate of drug-likeness (QED) is 0.672. The highest BCUT2D eigenvalue weighted by Gasteiger charge is 2.28. The predicted molar refractivity (Wildman–Crippen MR) is 55.0 cm³/mol. The Morgan fingerprint density at radius 3 is 3.13 bits per heavy atom. The Labute approximate surface area is 88.7 Å². The number of aliphatic imine (C=N–C) groups is 1. The van der Waals surface area contributed by atoms with Crippen LogP contribution in [0.1, 0.15) is 32.1 Å². The van der Waals surface area contributed by atoms with Gasteiger partial charge in [0.05, 0.1) is 0 Å². The van der Waals surface area contributed by atoms with Crippen molar-refractivity contribution in [1.82, 2.24) is 4.90 Å². The molecular formula is C10H16N2O3. The summed E-state index contributed by atoms with van der Waals surface area (Å²) in [5, 5.41) is 8.66. The number of hydrogen-bond donors (Lipinski definition) is 1. The first-order chi connectivity index (χ1) is 7.27. The standard InChI is InChI=1S/C10H16N2O3/c13-10(14)15-9-5-2-1-4-8-11-6-3-7-12(8)9/h9H,1-7H2,(H,13,14). The van der Waals surface area contributed by atoms with E-state index in [1.165, 1.54) is 0 Å². The van der Waals surface area contributed by atoms with Crippen molar-refractivity contribution >= 4 is 12.0 Å². The van der Waals surface area contributed by atoms with Crippen LogP contribution in [0.4, 0.5) is 4.79 Å². The molecule has 0 saturated carbocycles. The molecule has 1 N–H and O–H groups in total. The smallest absolute Gasteiger partial charge is 0.450 e. The van der Waals surface area contributed by atoms with Crippen molar-refractivity contribution in [3.8, 4) is 0 Å². The number of rotatable bonds is 1. The molecule has 0 aliphatic carbocycles. The third-order valence-electron chi connectivity index (χ3n) is 2.87. The maximum Gasteiger partial charge on any atom is 0.507 e. The van der Waals surface area contributed by atoms with Crippen molar-refractivity contribution in [3.05, 3.63) is 0 Å². The Balaban J connectivity index is 2.10. The zero-order chi connectivity index (χ0) is 10.7. The van der Waals surface area contributed by atoms with Gasteiger partial charge in [-0.3, -0.25) is 4.99 Å². The molecule has 0 aromatic heterocycles. The van der Waals surface area contributed by atoms with E-state index in [9.17, 15) is 4.79 Å². The number of carbonyl (C=O) groups is 1. The van der Waals surface area contributed by atoms with Gasteiger partial charge in [0.25, 0.3) is 0 Å². The summed E-state index contributed by atoms with van der Waals surface area (Å²) >= 11 is 0. The molecule has 0 aromatic carbocycles. The van der Waals surface area contributed by atoms with Crippen LogP contribution in [0.15, 0.2) is 4.99 Å². The van der Waals surface area contributed by atoms with Gasteiger partial charge in [-0.05, 0) is 19.3 Å². The second-order valence-corrected chi connectivity index (χ2v) is 3.93. The van der Waals surface area contributed by atoms with Crippen molar-refractivity contribution in [2.75, 3.05) is 13.1 Å². The average molecular weight is 212 g/mol. The first-order valence-electron chi connectivity index (χ1n) is 5.47. The summed E-state index contributed by atoms with van der Waals surface area (Å²) in [6.07, 6.45) is 3.31. The highest BCUT2D eigenvalue weighted by atomic mass is 16.7. The van der Waals surface area contributed by atoms with E-state index < -0.39 is 6.16 Å². The molecule has 1 saturated heterocycles. The van der Waals surface area contributed by atoms with Gasteiger partial charge in [0, 0.05) is 25.9 Å². The molecule has 5 heteroatoms. The molecular weight excluding hydrogens is 196 g/mol. The minimum absolute atomic E-state index is 0.316. The van der Waals surface area contributed by atoms with Gasteiger partial charge in [-0.15, -0.1) is 0 Å². The molecule has 2 aliphatic heterocycles. The van der Waals surface area contributed by atoms with E-state index in [1.54, 1.807) is 0 Å². The third kappa shape index (κ3) is 2.40. The Morgan fingerprint density at radius 2 is 2.33 bits per heavy atom. The molecule has 0 bridgehead atoms. The molecule has 5 nitrogen and oxygen atoms in total. The van der Waals surface area contributed by atoms with Crippen molar-refractivity contribution in [2.24, 2.45) is 4.99 Å². The van der Waals surface area contributed by atoms with Crippen LogP contribution in [0, 0.1) is 0 Å². The average Bonchev–Trinajstić information content (AvgIpc) is 2.41. The van der Waals surface area contributed by atoms with E-state index in [1.807, 2.05) is 4.90 Å². The van der Waals surface area contributed by atoms with E-state index in [-0.39, 0.29) is 6.23 Å². The summed E-state index contributed by atoms with van der Waals surface area (Å²) in [5.74, 6) is 1.03. The molecule has 0 aromatic rings. The van der Waals surface area contributed by atoms with Gasteiger partial charge >= 0.3 is 6.16 Å². The van der Waals surface area contributed by atoms with Crippen molar-refractivity contribution < 1.29 is 14.6 Å². The number of hydrogen-bond acceptors (Lipinski definition) is 4. The summed E-state index contributed by atoms with van der Waals surface area (Å²) in [7, 11) is 0. The van der Waals surface area contributed by atoms with Crippen LogP contribution < -0.4 is 0 Å². The molecule has 1 fully saturated rings. The number of fused-ring (bicyclic) bond motifs is 1. The SMILES string of the molecule is O=C(O)OC1CCCCC2=NCCCN21. The van der Waals surface area contributed by atoms with Crippen LogP contribution in [-0.2, 0) is 4.74 Å². The highest BCUT2D eigenvalue weighted by Crippen LogP contribution is 2.22. The minimum atomic E-state index is -1.19. The number of nitrogens with zero attached hydrogens (tertiary/aromatic N) is 2. The molecule has 1 atom stereocenters. The fraction of sp³-hybridized carbons (Fsp3) is 0.800. The lowest BCUT2D eigenvalue weighted by molar-refractivity contribution is -0.0103. The Hall–Kier alpha value is -1.26. The van der Waals surface area contributed by atoms with Crippen LogP contribution in [0.3, 0.4) is 0 Å². The van der Waals surface area contributed by atoms with Crippen molar-refractivity contribution in [1.29, 1.82) is 0 Å². The molecule has 15 heavy (non-hydrogen) atoms. The van der Waals surface area contributed by atoms with Gasteiger partial charge in [-0.2, -0.15) is 0 Å². The zero-order valence-corrected chi connectivity index (χ0v) is 8.69. The molecule has 0 radical (unpaired) electrons. The maximum absolute atomic E-state index is 10.6. The fourth-order valence-electron chi connectivity index (χ4n) is 2.20. The number of carboxylic acid groups (broad SMARTS) is 1. The second-order valence-electron chi connectivity index (χ2n) is 3.93. The lowest BCUT2D eigenvalue weighted by atomic mass is 10.2. The molecule has 84 valence electrons. The van der Waals surface area contributed by atoms with Gasteiger partial charge in [-0.1, -0.05) is 0 Å². The molecule has 0 amide bonds. The first kappa shape index (κ1) is 10.3. The second kappa shape index (κ2) is 4.51. The van der Waals surface area contributed by atoms with Crippen molar-refractivity contribution in [3.63, 3.8) is 0 Å². The normalized spacial score (nSPS) is 26.3. The molecule has 1 unspecified atom stereocenters. The van der Waals surface area contributed by atoms with Crippen LogP contribution in [0.25, 0.3) is 0 Å². The van der Waals surface area contributed by atoms with E-state index in [0.717, 1.165) is 51.0 Å². The van der Waals surface area contributed by atoms with Gasteiger partial charge < -0.3 is 14.7 Å². The van der Waals surface area contributed by atoms with Crippen LogP contribution in [0.2, 0.25) is 0 Å². The van der Waals surface area contributed by atoms with Crippen LogP contribution >= 0.6 is 0 Å². The van der Waals surface area contributed by atoms with E-state index in [2.05, 4.69) is 4.99 Å². The molecule has 2 rings (SSSR count). The van der Waals surface area contributed by atoms with Gasteiger partial charge in [0.1, 0.15) is 5.84 Å². The van der Waals surface area contributed by atoms with Gasteiger partial charge in [-0.25, -0.2) is 4.79 Å². The molecule has 0 spiro atoms. The van der Waals surface area contributed by atoms with Crippen LogP contribution in [-0.4, -0.2) is 41.3 Å². The van der Waals surface area contributed by atoms with E-state index in [4.69, 9.17) is 9.84 Å². The summed E-state index contributed by atoms with van der Waals surface area (Å²) in [4.78, 5) is 17.0. The monoisotopic (exact) mass is 212 g/mol. The van der Waals surface area contributed by atoms with E-state index >= 15 is 0 Å². The summed E-state index contributed by atoms with van der Waals surface area (Å²) in [5.41, 5.74) is 0. The molecule has 2 aliphatic rings. The largest absolute Gasteiger partial charge is 0.507 e. The van der Waals surface area contributed by atoms with E-state index in [0.29, 0.717) is 0 Å². The Bertz CT molecular complexity index is 278. The third-order valence-corrected chi connectivity index (χ3v) is 2.87. The zero-order valence-electron chi connectivity index (χ0n) is 8.69. The lowest BCUT2D eigenvalue weighted by Gasteiger charge is -2.33. The number of amidine groups is 1. The van der Waals surface area contributed by atoms with Crippen molar-refractivity contribution in [2.45, 2.75) is 38.3 Å². The summed E-state index contributed by atoms with van der Waals surface area (Å²) in [6.45, 7) is 1.74. The predicted octanol–water partition coefficient (Wildman–Crippen LogP) is 1.69. The number of ether oxygens (including phenoxy) is 1. The Kier molecular flexibility index (Phi) is 3.08. The summed E-state index contributed by atoms with van der Waals surface area (Å²) < 4.78 is 4.90. The van der Waals surface area contributed by atoms with Gasteiger partial charge in [0.15, 0.2) is 6.23 Å². The lowest BCUT2D eigenvalue weighted by Crippen LogP contribution is -2.44.